The van der Waals surface area contributed by atoms with Gasteiger partial charge in [0.05, 0.1) is 0 Å². The van der Waals surface area contributed by atoms with E-state index in [0.717, 1.165) is 43.1 Å². The molecule has 1 aliphatic rings. The average Bonchev–Trinajstić information content (AvgIpc) is 2.04. The summed E-state index contributed by atoms with van der Waals surface area (Å²) in [7, 11) is 0. The minimum absolute atomic E-state index is 0.0619. The number of Topliss-reactive ketones (excluding diaryl/α,β-unsaturated/α-hetero) is 1. The molecule has 11 heavy (non-hydrogen) atoms. The molecule has 0 unspecified atom stereocenters. The molecular weight excluding hydrogens is 140 g/mol. The molecule has 0 aliphatic heterocycles. The molecule has 0 heterocycles. The molecule has 0 N–H and O–H groups in total. The van der Waals surface area contributed by atoms with Crippen LogP contribution in [0.1, 0.15) is 32.6 Å². The van der Waals surface area contributed by atoms with E-state index in [1.807, 2.05) is 0 Å². The number of carbonyl (C=O) groups excluding carboxylic acids is 2. The van der Waals surface area contributed by atoms with Crippen LogP contribution in [0.3, 0.4) is 0 Å². The highest BCUT2D eigenvalue weighted by molar-refractivity contribution is 5.99. The van der Waals surface area contributed by atoms with Gasteiger partial charge in [-0.05, 0) is 38.2 Å². The van der Waals surface area contributed by atoms with Gasteiger partial charge in [-0.15, -0.1) is 0 Å². The molecule has 0 aromatic rings. The maximum Gasteiger partial charge on any atom is 0.156 e. The summed E-state index contributed by atoms with van der Waals surface area (Å²) < 4.78 is 0. The van der Waals surface area contributed by atoms with Gasteiger partial charge in [-0.2, -0.15) is 0 Å². The first-order valence-electron chi connectivity index (χ1n) is 3.94. The maximum atomic E-state index is 11.0. The molecule has 0 saturated carbocycles. The summed E-state index contributed by atoms with van der Waals surface area (Å²) in [6.45, 7) is 1.53. The summed E-state index contributed by atoms with van der Waals surface area (Å²) in [4.78, 5) is 21.4. The first kappa shape index (κ1) is 8.18. The van der Waals surface area contributed by atoms with Crippen molar-refractivity contribution in [2.45, 2.75) is 32.6 Å². The monoisotopic (exact) mass is 152 g/mol. The highest BCUT2D eigenvalue weighted by Crippen LogP contribution is 2.23. The smallest absolute Gasteiger partial charge is 0.156 e. The fourth-order valence-corrected chi connectivity index (χ4v) is 1.46. The first-order chi connectivity index (χ1) is 5.25. The molecule has 0 amide bonds. The predicted molar refractivity (Wildman–Crippen MR) is 42.2 cm³/mol. The van der Waals surface area contributed by atoms with Crippen molar-refractivity contribution in [3.05, 3.63) is 11.1 Å². The van der Waals surface area contributed by atoms with Crippen LogP contribution in [0.2, 0.25) is 0 Å². The summed E-state index contributed by atoms with van der Waals surface area (Å²) in [5.41, 5.74) is 1.48. The third-order valence-corrected chi connectivity index (χ3v) is 2.08. The van der Waals surface area contributed by atoms with Crippen LogP contribution in [0.15, 0.2) is 11.1 Å². The summed E-state index contributed by atoms with van der Waals surface area (Å²) in [6.07, 6.45) is 4.51. The van der Waals surface area contributed by atoms with Gasteiger partial charge in [0, 0.05) is 5.57 Å². The zero-order valence-electron chi connectivity index (χ0n) is 6.72. The third kappa shape index (κ3) is 1.76. The van der Waals surface area contributed by atoms with E-state index in [1.54, 1.807) is 0 Å². The third-order valence-electron chi connectivity index (χ3n) is 2.08. The van der Waals surface area contributed by atoms with Crippen LogP contribution >= 0.6 is 0 Å². The van der Waals surface area contributed by atoms with Crippen molar-refractivity contribution in [1.82, 2.24) is 0 Å². The van der Waals surface area contributed by atoms with Crippen molar-refractivity contribution >= 4 is 12.1 Å². The van der Waals surface area contributed by atoms with Crippen molar-refractivity contribution in [1.29, 1.82) is 0 Å². The lowest BCUT2D eigenvalue weighted by Gasteiger charge is -2.13. The Morgan fingerprint density at radius 1 is 1.36 bits per heavy atom. The van der Waals surface area contributed by atoms with Crippen molar-refractivity contribution in [2.24, 2.45) is 0 Å². The molecule has 0 fully saturated rings. The van der Waals surface area contributed by atoms with E-state index in [2.05, 4.69) is 0 Å². The second kappa shape index (κ2) is 3.46. The van der Waals surface area contributed by atoms with Crippen LogP contribution in [0.4, 0.5) is 0 Å². The van der Waals surface area contributed by atoms with E-state index in [0.29, 0.717) is 0 Å². The molecule has 0 saturated heterocycles. The van der Waals surface area contributed by atoms with E-state index in [-0.39, 0.29) is 5.78 Å². The molecule has 1 aliphatic carbocycles. The van der Waals surface area contributed by atoms with Gasteiger partial charge in [-0.25, -0.2) is 0 Å². The van der Waals surface area contributed by atoms with Gasteiger partial charge in [-0.1, -0.05) is 0 Å². The fraction of sp³-hybridized carbons (Fsp3) is 0.556. The number of aldehydes is 1. The Bertz CT molecular complexity index is 214. The number of hydrogen-bond donors (Lipinski definition) is 0. The van der Waals surface area contributed by atoms with Gasteiger partial charge in [0.2, 0.25) is 0 Å². The van der Waals surface area contributed by atoms with E-state index in [1.165, 1.54) is 6.92 Å². The van der Waals surface area contributed by atoms with Crippen molar-refractivity contribution in [2.75, 3.05) is 0 Å². The Morgan fingerprint density at radius 3 is 2.45 bits per heavy atom. The van der Waals surface area contributed by atoms with Crippen LogP contribution in [0.25, 0.3) is 0 Å². The number of rotatable bonds is 2. The van der Waals surface area contributed by atoms with E-state index < -0.39 is 0 Å². The molecule has 0 bridgehead atoms. The number of carbonyl (C=O) groups is 2. The molecule has 60 valence electrons. The number of ketones is 1. The molecule has 1 rings (SSSR count). The van der Waals surface area contributed by atoms with Crippen LogP contribution in [-0.4, -0.2) is 12.1 Å². The average molecular weight is 152 g/mol. The van der Waals surface area contributed by atoms with Gasteiger partial charge in [-0.3, -0.25) is 9.59 Å². The second-order valence-electron chi connectivity index (χ2n) is 2.88. The first-order valence-corrected chi connectivity index (χ1v) is 3.94. The lowest BCUT2D eigenvalue weighted by atomic mass is 9.90. The standard InChI is InChI=1S/C9H12O2/c1-7(11)9-5-3-2-4-8(9)6-10/h6H,2-5H2,1H3. The van der Waals surface area contributed by atoms with Crippen molar-refractivity contribution in [3.63, 3.8) is 0 Å². The molecular formula is C9H12O2. The molecule has 0 radical (unpaired) electrons. The van der Waals surface area contributed by atoms with Gasteiger partial charge in [0.25, 0.3) is 0 Å². The molecule has 0 aromatic carbocycles. The fourth-order valence-electron chi connectivity index (χ4n) is 1.46. The van der Waals surface area contributed by atoms with E-state index in [9.17, 15) is 9.59 Å². The zero-order chi connectivity index (χ0) is 8.27. The normalized spacial score (nSPS) is 18.3. The van der Waals surface area contributed by atoms with Crippen molar-refractivity contribution in [3.8, 4) is 0 Å². The van der Waals surface area contributed by atoms with Crippen LogP contribution in [-0.2, 0) is 9.59 Å². The minimum atomic E-state index is 0.0619. The minimum Gasteiger partial charge on any atom is -0.298 e. The van der Waals surface area contributed by atoms with Gasteiger partial charge >= 0.3 is 0 Å². The summed E-state index contributed by atoms with van der Waals surface area (Å²) in [5, 5.41) is 0. The molecule has 2 nitrogen and oxygen atoms in total. The van der Waals surface area contributed by atoms with Crippen LogP contribution in [0, 0.1) is 0 Å². The number of hydrogen-bond acceptors (Lipinski definition) is 2. The molecule has 0 aromatic heterocycles. The van der Waals surface area contributed by atoms with Gasteiger partial charge < -0.3 is 0 Å². The van der Waals surface area contributed by atoms with Gasteiger partial charge in [0.1, 0.15) is 6.29 Å². The van der Waals surface area contributed by atoms with Gasteiger partial charge in [0.15, 0.2) is 5.78 Å². The topological polar surface area (TPSA) is 34.1 Å². The van der Waals surface area contributed by atoms with E-state index in [4.69, 9.17) is 0 Å². The summed E-state index contributed by atoms with van der Waals surface area (Å²) in [5.74, 6) is 0.0619. The Morgan fingerprint density at radius 2 is 2.00 bits per heavy atom. The highest BCUT2D eigenvalue weighted by Gasteiger charge is 2.14. The van der Waals surface area contributed by atoms with Crippen LogP contribution in [0.5, 0.6) is 0 Å². The number of allylic oxidation sites excluding steroid dienone is 2. The van der Waals surface area contributed by atoms with Crippen LogP contribution < -0.4 is 0 Å². The Hall–Kier alpha value is -0.920. The summed E-state index contributed by atoms with van der Waals surface area (Å²) >= 11 is 0. The lowest BCUT2D eigenvalue weighted by Crippen LogP contribution is -2.07. The zero-order valence-corrected chi connectivity index (χ0v) is 6.72. The second-order valence-corrected chi connectivity index (χ2v) is 2.88. The van der Waals surface area contributed by atoms with Crippen molar-refractivity contribution < 1.29 is 9.59 Å². The highest BCUT2D eigenvalue weighted by atomic mass is 16.1. The Kier molecular flexibility index (Phi) is 2.58. The Balaban J connectivity index is 2.90. The predicted octanol–water partition coefficient (Wildman–Crippen LogP) is 1.64. The maximum absolute atomic E-state index is 11.0. The lowest BCUT2D eigenvalue weighted by molar-refractivity contribution is -0.114. The summed E-state index contributed by atoms with van der Waals surface area (Å²) in [6, 6.07) is 0. The quantitative estimate of drug-likeness (QED) is 0.564. The molecule has 0 atom stereocenters. The molecule has 0 spiro atoms. The van der Waals surface area contributed by atoms with E-state index >= 15 is 0 Å². The largest absolute Gasteiger partial charge is 0.298 e. The SMILES string of the molecule is CC(=O)C1=C(C=O)CCCC1. The molecule has 2 heteroatoms. The Labute approximate surface area is 66.3 Å².